The summed E-state index contributed by atoms with van der Waals surface area (Å²) in [5, 5.41) is 3.49. The number of anilines is 1. The Labute approximate surface area is 127 Å². The van der Waals surface area contributed by atoms with E-state index in [1.54, 1.807) is 0 Å². The van der Waals surface area contributed by atoms with Crippen molar-refractivity contribution in [3.8, 4) is 0 Å². The van der Waals surface area contributed by atoms with Gasteiger partial charge < -0.3 is 9.72 Å². The third kappa shape index (κ3) is 3.94. The molecule has 1 heterocycles. The van der Waals surface area contributed by atoms with Gasteiger partial charge in [0.05, 0.1) is 12.1 Å². The lowest BCUT2D eigenvalue weighted by Gasteiger charge is -2.03. The van der Waals surface area contributed by atoms with Crippen LogP contribution in [-0.4, -0.2) is 28.0 Å². The lowest BCUT2D eigenvalue weighted by atomic mass is 10.3. The fourth-order valence-corrected chi connectivity index (χ4v) is 2.40. The first-order valence-electron chi connectivity index (χ1n) is 5.84. The molecule has 102 valence electrons. The van der Waals surface area contributed by atoms with Crippen molar-refractivity contribution in [2.75, 3.05) is 17.3 Å². The van der Waals surface area contributed by atoms with Crippen molar-refractivity contribution in [2.45, 2.75) is 12.8 Å². The van der Waals surface area contributed by atoms with Crippen molar-refractivity contribution < 1.29 is 9.53 Å². The van der Waals surface area contributed by atoms with Gasteiger partial charge in [-0.1, -0.05) is 22.0 Å². The third-order valence-corrected chi connectivity index (χ3v) is 3.65. The Morgan fingerprint density at radius 3 is 3.00 bits per heavy atom. The van der Waals surface area contributed by atoms with E-state index in [1.165, 1.54) is 0 Å². The molecule has 2 rings (SSSR count). The number of benzene rings is 1. The molecule has 5 nitrogen and oxygen atoms in total. The third-order valence-electron chi connectivity index (χ3n) is 2.45. The summed E-state index contributed by atoms with van der Waals surface area (Å²) in [6.45, 7) is 0.404. The molecule has 0 spiro atoms. The van der Waals surface area contributed by atoms with Crippen molar-refractivity contribution in [1.29, 1.82) is 0 Å². The molecule has 19 heavy (non-hydrogen) atoms. The zero-order valence-corrected chi connectivity index (χ0v) is 13.3. The van der Waals surface area contributed by atoms with Gasteiger partial charge in [-0.15, -0.1) is 0 Å². The number of fused-ring (bicyclic) bond motifs is 1. The molecule has 0 aliphatic carbocycles. The van der Waals surface area contributed by atoms with Gasteiger partial charge in [0.15, 0.2) is 0 Å². The molecule has 2 N–H and O–H groups in total. The van der Waals surface area contributed by atoms with Crippen LogP contribution in [0.2, 0.25) is 0 Å². The Morgan fingerprint density at radius 2 is 2.26 bits per heavy atom. The van der Waals surface area contributed by atoms with Gasteiger partial charge in [-0.25, -0.2) is 9.78 Å². The minimum Gasteiger partial charge on any atom is -0.449 e. The molecule has 1 aromatic heterocycles. The Hall–Kier alpha value is -1.08. The SMILES string of the molecule is O=C(Nc1nc2c(Br)cccc2[nH]1)OCCCCBr. The zero-order valence-electron chi connectivity index (χ0n) is 10.1. The highest BCUT2D eigenvalue weighted by Gasteiger charge is 2.09. The number of amides is 1. The first kappa shape index (κ1) is 14.3. The number of H-pyrrole nitrogens is 1. The molecule has 0 atom stereocenters. The molecule has 0 saturated heterocycles. The molecule has 0 aliphatic heterocycles. The second-order valence-corrected chi connectivity index (χ2v) is 5.53. The average molecular weight is 391 g/mol. The summed E-state index contributed by atoms with van der Waals surface area (Å²) in [7, 11) is 0. The van der Waals surface area contributed by atoms with Crippen LogP contribution in [0.5, 0.6) is 0 Å². The lowest BCUT2D eigenvalue weighted by molar-refractivity contribution is 0.160. The van der Waals surface area contributed by atoms with Gasteiger partial charge in [-0.3, -0.25) is 5.32 Å². The van der Waals surface area contributed by atoms with Crippen LogP contribution in [0.3, 0.4) is 0 Å². The van der Waals surface area contributed by atoms with Crippen molar-refractivity contribution in [2.24, 2.45) is 0 Å². The second kappa shape index (κ2) is 6.91. The van der Waals surface area contributed by atoms with E-state index in [1.807, 2.05) is 18.2 Å². The first-order valence-corrected chi connectivity index (χ1v) is 7.76. The van der Waals surface area contributed by atoms with E-state index >= 15 is 0 Å². The number of unbranched alkanes of at least 4 members (excludes halogenated alkanes) is 1. The summed E-state index contributed by atoms with van der Waals surface area (Å²) in [4.78, 5) is 18.8. The van der Waals surface area contributed by atoms with E-state index in [4.69, 9.17) is 4.74 Å². The van der Waals surface area contributed by atoms with Gasteiger partial charge in [-0.2, -0.15) is 0 Å². The highest BCUT2D eigenvalue weighted by Crippen LogP contribution is 2.22. The normalized spacial score (nSPS) is 10.6. The predicted octanol–water partition coefficient (Wildman–Crippen LogP) is 4.05. The molecular formula is C12H13Br2N3O2. The zero-order chi connectivity index (χ0) is 13.7. The van der Waals surface area contributed by atoms with E-state index in [-0.39, 0.29) is 0 Å². The summed E-state index contributed by atoms with van der Waals surface area (Å²) in [5.74, 6) is 0.382. The lowest BCUT2D eigenvalue weighted by Crippen LogP contribution is -2.15. The maximum Gasteiger partial charge on any atom is 0.413 e. The Morgan fingerprint density at radius 1 is 1.42 bits per heavy atom. The Balaban J connectivity index is 1.94. The van der Waals surface area contributed by atoms with Crippen molar-refractivity contribution in [1.82, 2.24) is 9.97 Å². The Kier molecular flexibility index (Phi) is 5.21. The molecule has 2 aromatic rings. The summed E-state index contributed by atoms with van der Waals surface area (Å²) in [6, 6.07) is 5.68. The van der Waals surface area contributed by atoms with Crippen molar-refractivity contribution in [3.05, 3.63) is 22.7 Å². The largest absolute Gasteiger partial charge is 0.449 e. The summed E-state index contributed by atoms with van der Waals surface area (Å²) >= 11 is 6.73. The van der Waals surface area contributed by atoms with Crippen LogP contribution in [0.25, 0.3) is 11.0 Å². The number of rotatable bonds is 5. The molecule has 0 unspecified atom stereocenters. The van der Waals surface area contributed by atoms with Crippen LogP contribution in [-0.2, 0) is 4.74 Å². The number of nitrogens with zero attached hydrogens (tertiary/aromatic N) is 1. The number of imidazole rings is 1. The molecule has 0 radical (unpaired) electrons. The number of hydrogen-bond donors (Lipinski definition) is 2. The number of ether oxygens (including phenoxy) is 1. The summed E-state index contributed by atoms with van der Waals surface area (Å²) in [5.41, 5.74) is 1.63. The molecule has 0 fully saturated rings. The smallest absolute Gasteiger partial charge is 0.413 e. The van der Waals surface area contributed by atoms with Gasteiger partial charge >= 0.3 is 6.09 Å². The number of alkyl halides is 1. The second-order valence-electron chi connectivity index (χ2n) is 3.88. The fourth-order valence-electron chi connectivity index (χ4n) is 1.55. The summed E-state index contributed by atoms with van der Waals surface area (Å²) in [6.07, 6.45) is 1.32. The summed E-state index contributed by atoms with van der Waals surface area (Å²) < 4.78 is 5.91. The topological polar surface area (TPSA) is 67.0 Å². The monoisotopic (exact) mass is 389 g/mol. The van der Waals surface area contributed by atoms with Gasteiger partial charge in [0, 0.05) is 9.80 Å². The predicted molar refractivity (Wildman–Crippen MR) is 81.8 cm³/mol. The van der Waals surface area contributed by atoms with Gasteiger partial charge in [-0.05, 0) is 40.9 Å². The minimum absolute atomic E-state index is 0.382. The van der Waals surface area contributed by atoms with Crippen LogP contribution < -0.4 is 5.32 Å². The van der Waals surface area contributed by atoms with Gasteiger partial charge in [0.25, 0.3) is 0 Å². The highest BCUT2D eigenvalue weighted by atomic mass is 79.9. The molecule has 0 bridgehead atoms. The van der Waals surface area contributed by atoms with E-state index < -0.39 is 6.09 Å². The fraction of sp³-hybridized carbons (Fsp3) is 0.333. The first-order chi connectivity index (χ1) is 9.20. The number of hydrogen-bond acceptors (Lipinski definition) is 3. The number of para-hydroxylation sites is 1. The molecule has 1 aromatic carbocycles. The van der Waals surface area contributed by atoms with Crippen molar-refractivity contribution >= 4 is 54.9 Å². The van der Waals surface area contributed by atoms with E-state index in [2.05, 4.69) is 47.1 Å². The molecule has 0 saturated carbocycles. The van der Waals surface area contributed by atoms with Crippen LogP contribution in [0.15, 0.2) is 22.7 Å². The van der Waals surface area contributed by atoms with Crippen LogP contribution in [0, 0.1) is 0 Å². The highest BCUT2D eigenvalue weighted by molar-refractivity contribution is 9.10. The number of halogens is 2. The van der Waals surface area contributed by atoms with Gasteiger partial charge in [0.2, 0.25) is 5.95 Å². The molecule has 7 heteroatoms. The van der Waals surface area contributed by atoms with Gasteiger partial charge in [0.1, 0.15) is 5.52 Å². The maximum absolute atomic E-state index is 11.5. The van der Waals surface area contributed by atoms with Crippen LogP contribution in [0.1, 0.15) is 12.8 Å². The van der Waals surface area contributed by atoms with Crippen molar-refractivity contribution in [3.63, 3.8) is 0 Å². The number of aromatic amines is 1. The van der Waals surface area contributed by atoms with E-state index in [9.17, 15) is 4.79 Å². The number of carbonyl (C=O) groups is 1. The number of nitrogens with one attached hydrogen (secondary N) is 2. The number of carbonyl (C=O) groups excluding carboxylic acids is 1. The van der Waals surface area contributed by atoms with Crippen LogP contribution in [0.4, 0.5) is 10.7 Å². The standard InChI is InChI=1S/C12H13Br2N3O2/c13-6-1-2-7-19-12(18)17-11-15-9-5-3-4-8(14)10(9)16-11/h3-5H,1-2,6-7H2,(H2,15,16,17,18). The molecular weight excluding hydrogens is 378 g/mol. The van der Waals surface area contributed by atoms with E-state index in [0.29, 0.717) is 12.6 Å². The minimum atomic E-state index is -0.496. The van der Waals surface area contributed by atoms with E-state index in [0.717, 1.165) is 33.7 Å². The average Bonchev–Trinajstić information content (AvgIpc) is 2.79. The number of aromatic nitrogens is 2. The Bertz CT molecular complexity index is 571. The quantitative estimate of drug-likeness (QED) is 0.597. The molecule has 1 amide bonds. The molecule has 0 aliphatic rings. The van der Waals surface area contributed by atoms with Crippen LogP contribution >= 0.6 is 31.9 Å². The maximum atomic E-state index is 11.5.